The molecule has 0 saturated heterocycles. The Balaban J connectivity index is 1.56. The summed E-state index contributed by atoms with van der Waals surface area (Å²) in [5.74, 6) is 2.88. The minimum absolute atomic E-state index is 0.380. The molecule has 0 spiro atoms. The molecule has 6 heteroatoms. The average molecular weight is 409 g/mol. The van der Waals surface area contributed by atoms with E-state index in [4.69, 9.17) is 9.98 Å². The molecule has 0 unspecified atom stereocenters. The highest BCUT2D eigenvalue weighted by Gasteiger charge is 2.40. The van der Waals surface area contributed by atoms with Crippen molar-refractivity contribution in [3.8, 4) is 0 Å². The van der Waals surface area contributed by atoms with Crippen molar-refractivity contribution < 1.29 is 0 Å². The summed E-state index contributed by atoms with van der Waals surface area (Å²) in [7, 11) is 0. The third-order valence-electron chi connectivity index (χ3n) is 4.49. The third kappa shape index (κ3) is 4.51. The van der Waals surface area contributed by atoms with Crippen LogP contribution in [0.25, 0.3) is 0 Å². The van der Waals surface area contributed by atoms with Crippen LogP contribution in [0.2, 0.25) is 0 Å². The fourth-order valence-electron chi connectivity index (χ4n) is 2.90. The van der Waals surface area contributed by atoms with Crippen molar-refractivity contribution in [2.45, 2.75) is 29.7 Å². The molecule has 4 rings (SSSR count). The van der Waals surface area contributed by atoms with E-state index in [1.165, 1.54) is 11.1 Å². The SMILES string of the molecule is CC(C)C1=NC2=NC(SCc3ccccc3)(SCc3ccccc3)NN2C=C1. The van der Waals surface area contributed by atoms with Crippen LogP contribution in [0.15, 0.2) is 82.9 Å². The highest BCUT2D eigenvalue weighted by Crippen LogP contribution is 2.43. The zero-order valence-corrected chi connectivity index (χ0v) is 17.7. The first-order chi connectivity index (χ1) is 13.6. The van der Waals surface area contributed by atoms with Crippen molar-refractivity contribution in [3.05, 3.63) is 84.1 Å². The van der Waals surface area contributed by atoms with Crippen LogP contribution in [-0.4, -0.2) is 21.0 Å². The second-order valence-electron chi connectivity index (χ2n) is 7.03. The summed E-state index contributed by atoms with van der Waals surface area (Å²) in [6, 6.07) is 21.1. The molecule has 2 aliphatic heterocycles. The number of guanidine groups is 1. The first kappa shape index (κ1) is 19.3. The lowest BCUT2D eigenvalue weighted by Crippen LogP contribution is -2.42. The highest BCUT2D eigenvalue weighted by molar-refractivity contribution is 8.17. The van der Waals surface area contributed by atoms with E-state index in [0.29, 0.717) is 5.92 Å². The lowest BCUT2D eigenvalue weighted by Gasteiger charge is -2.27. The van der Waals surface area contributed by atoms with E-state index in [9.17, 15) is 0 Å². The molecular weight excluding hydrogens is 384 g/mol. The smallest absolute Gasteiger partial charge is 0.243 e. The summed E-state index contributed by atoms with van der Waals surface area (Å²) < 4.78 is -0.499. The van der Waals surface area contributed by atoms with Crippen LogP contribution < -0.4 is 5.43 Å². The topological polar surface area (TPSA) is 40.0 Å². The number of nitrogens with one attached hydrogen (secondary N) is 1. The summed E-state index contributed by atoms with van der Waals surface area (Å²) >= 11 is 3.60. The number of hydrazine groups is 1. The number of benzene rings is 2. The Morgan fingerprint density at radius 3 is 2.04 bits per heavy atom. The van der Waals surface area contributed by atoms with Gasteiger partial charge in [-0.1, -0.05) is 98.0 Å². The van der Waals surface area contributed by atoms with Crippen LogP contribution in [0.1, 0.15) is 25.0 Å². The normalized spacial score (nSPS) is 17.5. The molecule has 0 aromatic heterocycles. The first-order valence-corrected chi connectivity index (χ1v) is 11.4. The molecule has 0 saturated carbocycles. The number of thioether (sulfide) groups is 2. The number of hydrogen-bond donors (Lipinski definition) is 1. The van der Waals surface area contributed by atoms with Gasteiger partial charge in [0.15, 0.2) is 0 Å². The van der Waals surface area contributed by atoms with Crippen LogP contribution in [-0.2, 0) is 11.5 Å². The molecule has 1 N–H and O–H groups in total. The van der Waals surface area contributed by atoms with E-state index in [1.807, 2.05) is 11.2 Å². The van der Waals surface area contributed by atoms with Gasteiger partial charge < -0.3 is 0 Å². The van der Waals surface area contributed by atoms with E-state index in [-0.39, 0.29) is 0 Å². The molecule has 2 aromatic rings. The van der Waals surface area contributed by atoms with Gasteiger partial charge in [-0.15, -0.1) is 0 Å². The lowest BCUT2D eigenvalue weighted by atomic mass is 10.1. The van der Waals surface area contributed by atoms with Crippen molar-refractivity contribution in [2.75, 3.05) is 0 Å². The number of rotatable bonds is 7. The third-order valence-corrected chi connectivity index (χ3v) is 7.30. The monoisotopic (exact) mass is 408 g/mol. The summed E-state index contributed by atoms with van der Waals surface area (Å²) in [4.78, 5) is 9.79. The largest absolute Gasteiger partial charge is 0.247 e. The molecule has 0 atom stereocenters. The molecule has 2 aliphatic rings. The average Bonchev–Trinajstić information content (AvgIpc) is 3.10. The Morgan fingerprint density at radius 1 is 0.929 bits per heavy atom. The maximum Gasteiger partial charge on any atom is 0.243 e. The van der Waals surface area contributed by atoms with Crippen LogP contribution in [0.4, 0.5) is 0 Å². The summed E-state index contributed by atoms with van der Waals surface area (Å²) in [5.41, 5.74) is 7.22. The highest BCUT2D eigenvalue weighted by atomic mass is 32.2. The van der Waals surface area contributed by atoms with Gasteiger partial charge in [-0.2, -0.15) is 5.43 Å². The number of fused-ring (bicyclic) bond motifs is 1. The molecule has 4 nitrogen and oxygen atoms in total. The second-order valence-corrected chi connectivity index (χ2v) is 9.63. The Morgan fingerprint density at radius 2 is 1.50 bits per heavy atom. The maximum atomic E-state index is 5.02. The van der Waals surface area contributed by atoms with E-state index in [1.54, 1.807) is 23.5 Å². The van der Waals surface area contributed by atoms with Crippen LogP contribution in [0.5, 0.6) is 0 Å². The molecule has 0 fully saturated rings. The number of allylic oxidation sites excluding steroid dienone is 1. The van der Waals surface area contributed by atoms with Crippen LogP contribution >= 0.6 is 23.5 Å². The van der Waals surface area contributed by atoms with Crippen molar-refractivity contribution in [1.82, 2.24) is 10.4 Å². The second kappa shape index (κ2) is 8.55. The minimum Gasteiger partial charge on any atom is -0.247 e. The molecule has 2 heterocycles. The van der Waals surface area contributed by atoms with Crippen molar-refractivity contribution >= 4 is 35.2 Å². The zero-order valence-electron chi connectivity index (χ0n) is 16.1. The van der Waals surface area contributed by atoms with E-state index in [0.717, 1.165) is 23.2 Å². The van der Waals surface area contributed by atoms with Crippen LogP contribution in [0.3, 0.4) is 0 Å². The molecule has 0 aliphatic carbocycles. The van der Waals surface area contributed by atoms with Gasteiger partial charge in [0.25, 0.3) is 0 Å². The van der Waals surface area contributed by atoms with Gasteiger partial charge in [-0.25, -0.2) is 15.0 Å². The van der Waals surface area contributed by atoms with Gasteiger partial charge in [-0.3, -0.25) is 0 Å². The lowest BCUT2D eigenvalue weighted by molar-refractivity contribution is 0.415. The molecular formula is C22H24N4S2. The molecule has 0 amide bonds. The quantitative estimate of drug-likeness (QED) is 0.634. The Kier molecular flexibility index (Phi) is 5.90. The molecule has 28 heavy (non-hydrogen) atoms. The van der Waals surface area contributed by atoms with Crippen molar-refractivity contribution in [2.24, 2.45) is 15.9 Å². The Labute approximate surface area is 175 Å². The van der Waals surface area contributed by atoms with E-state index < -0.39 is 4.33 Å². The Bertz CT molecular complexity index is 848. The summed E-state index contributed by atoms with van der Waals surface area (Å²) in [5, 5.41) is 1.95. The number of hydrogen-bond acceptors (Lipinski definition) is 6. The molecule has 0 radical (unpaired) electrons. The summed E-state index contributed by atoms with van der Waals surface area (Å²) in [6.45, 7) is 4.31. The number of aliphatic imine (C=N–C) groups is 2. The van der Waals surface area contributed by atoms with Gasteiger partial charge in [0.1, 0.15) is 0 Å². The minimum atomic E-state index is -0.499. The first-order valence-electron chi connectivity index (χ1n) is 9.43. The van der Waals surface area contributed by atoms with Gasteiger partial charge in [0.2, 0.25) is 10.3 Å². The van der Waals surface area contributed by atoms with E-state index >= 15 is 0 Å². The molecule has 0 bridgehead atoms. The van der Waals surface area contributed by atoms with Gasteiger partial charge in [-0.05, 0) is 23.1 Å². The zero-order chi connectivity index (χ0) is 19.4. The fourth-order valence-corrected chi connectivity index (χ4v) is 5.32. The maximum absolute atomic E-state index is 5.02. The summed E-state index contributed by atoms with van der Waals surface area (Å²) in [6.07, 6.45) is 4.10. The molecule has 2 aromatic carbocycles. The Hall–Kier alpha value is -2.02. The standard InChI is InChI=1S/C22H24N4S2/c1-17(2)20-13-14-26-21(23-20)24-22(25-26,27-15-18-9-5-3-6-10-18)28-16-19-11-7-4-8-12-19/h3-14,17,25H,15-16H2,1-2H3. The van der Waals surface area contributed by atoms with Crippen molar-refractivity contribution in [3.63, 3.8) is 0 Å². The van der Waals surface area contributed by atoms with Gasteiger partial charge in [0.05, 0.1) is 0 Å². The number of nitrogens with zero attached hydrogens (tertiary/aromatic N) is 3. The predicted octanol–water partition coefficient (Wildman–Crippen LogP) is 5.27. The van der Waals surface area contributed by atoms with Gasteiger partial charge >= 0.3 is 0 Å². The predicted molar refractivity (Wildman–Crippen MR) is 122 cm³/mol. The van der Waals surface area contributed by atoms with Crippen molar-refractivity contribution in [1.29, 1.82) is 0 Å². The molecule has 144 valence electrons. The van der Waals surface area contributed by atoms with Crippen LogP contribution in [0, 0.1) is 5.92 Å². The fraction of sp³-hybridized carbons (Fsp3) is 0.273. The van der Waals surface area contributed by atoms with E-state index in [2.05, 4.69) is 86.0 Å². The van der Waals surface area contributed by atoms with Gasteiger partial charge in [0, 0.05) is 23.4 Å².